The lowest BCUT2D eigenvalue weighted by atomic mass is 10.1. The summed E-state index contributed by atoms with van der Waals surface area (Å²) >= 11 is 0. The fourth-order valence-electron chi connectivity index (χ4n) is 0.946. The Morgan fingerprint density at radius 3 is 3.20 bits per heavy atom. The summed E-state index contributed by atoms with van der Waals surface area (Å²) in [5.41, 5.74) is 7.95. The fourth-order valence-corrected chi connectivity index (χ4v) is 0.946. The molecule has 0 aromatic heterocycles. The molecule has 0 bridgehead atoms. The molecule has 1 heterocycles. The molecule has 1 N–H and O–H groups in total. The first-order valence-corrected chi connectivity index (χ1v) is 3.10. The minimum absolute atomic E-state index is 0.0538. The van der Waals surface area contributed by atoms with E-state index in [0.717, 1.165) is 0 Å². The van der Waals surface area contributed by atoms with Crippen molar-refractivity contribution in [2.45, 2.75) is 6.42 Å². The van der Waals surface area contributed by atoms with Gasteiger partial charge in [-0.25, -0.2) is 0 Å². The molecule has 0 unspecified atom stereocenters. The Hall–Kier alpha value is -1.22. The van der Waals surface area contributed by atoms with Crippen molar-refractivity contribution in [1.82, 2.24) is 5.32 Å². The molecule has 1 fully saturated rings. The van der Waals surface area contributed by atoms with E-state index in [2.05, 4.69) is 15.3 Å². The van der Waals surface area contributed by atoms with Crippen LogP contribution in [0, 0.1) is 5.92 Å². The van der Waals surface area contributed by atoms with Crippen LogP contribution in [0.2, 0.25) is 0 Å². The fraction of sp³-hybridized carbons (Fsp3) is 0.800. The molecule has 5 nitrogen and oxygen atoms in total. The maximum atomic E-state index is 10.6. The predicted octanol–water partition coefficient (Wildman–Crippen LogP) is 0.433. The standard InChI is InChI=1S/C5H8N4O/c6-9-8-3-4-1-5(10)7-2-4/h4H,1-3H2,(H,7,10)/t4-/m1/s1. The van der Waals surface area contributed by atoms with Crippen molar-refractivity contribution in [2.24, 2.45) is 11.0 Å². The molecule has 0 aliphatic carbocycles. The van der Waals surface area contributed by atoms with Crippen LogP contribution in [0.5, 0.6) is 0 Å². The highest BCUT2D eigenvalue weighted by molar-refractivity contribution is 5.78. The van der Waals surface area contributed by atoms with Gasteiger partial charge in [-0.1, -0.05) is 5.11 Å². The molecular formula is C5H8N4O. The van der Waals surface area contributed by atoms with Crippen LogP contribution in [0.3, 0.4) is 0 Å². The van der Waals surface area contributed by atoms with Gasteiger partial charge >= 0.3 is 0 Å². The Morgan fingerprint density at radius 1 is 1.90 bits per heavy atom. The van der Waals surface area contributed by atoms with Crippen molar-refractivity contribution in [1.29, 1.82) is 0 Å². The zero-order valence-corrected chi connectivity index (χ0v) is 5.45. The van der Waals surface area contributed by atoms with E-state index in [0.29, 0.717) is 19.5 Å². The lowest BCUT2D eigenvalue weighted by molar-refractivity contribution is -0.119. The second-order valence-electron chi connectivity index (χ2n) is 2.29. The second kappa shape index (κ2) is 3.08. The Morgan fingerprint density at radius 2 is 2.70 bits per heavy atom. The van der Waals surface area contributed by atoms with Gasteiger partial charge in [-0.3, -0.25) is 4.79 Å². The molecule has 1 saturated heterocycles. The summed E-state index contributed by atoms with van der Waals surface area (Å²) in [5, 5.41) is 6.03. The quantitative estimate of drug-likeness (QED) is 0.337. The highest BCUT2D eigenvalue weighted by Crippen LogP contribution is 2.08. The zero-order chi connectivity index (χ0) is 7.40. The van der Waals surface area contributed by atoms with Crippen molar-refractivity contribution in [2.75, 3.05) is 13.1 Å². The van der Waals surface area contributed by atoms with Gasteiger partial charge in [-0.05, 0) is 11.4 Å². The van der Waals surface area contributed by atoms with Crippen LogP contribution in [-0.2, 0) is 4.79 Å². The number of hydrogen-bond donors (Lipinski definition) is 1. The summed E-state index contributed by atoms with van der Waals surface area (Å²) in [6.07, 6.45) is 0.499. The third kappa shape index (κ3) is 1.63. The summed E-state index contributed by atoms with van der Waals surface area (Å²) in [6.45, 7) is 1.08. The monoisotopic (exact) mass is 140 g/mol. The van der Waals surface area contributed by atoms with Gasteiger partial charge in [0.05, 0.1) is 0 Å². The van der Waals surface area contributed by atoms with Gasteiger partial charge < -0.3 is 5.32 Å². The number of carbonyl (C=O) groups is 1. The maximum absolute atomic E-state index is 10.6. The van der Waals surface area contributed by atoms with Crippen molar-refractivity contribution >= 4 is 5.91 Å². The normalized spacial score (nSPS) is 23.6. The average molecular weight is 140 g/mol. The van der Waals surface area contributed by atoms with Crippen molar-refractivity contribution in [3.8, 4) is 0 Å². The van der Waals surface area contributed by atoms with Crippen LogP contribution in [0.1, 0.15) is 6.42 Å². The van der Waals surface area contributed by atoms with E-state index in [1.54, 1.807) is 0 Å². The van der Waals surface area contributed by atoms with E-state index in [1.807, 2.05) is 0 Å². The molecule has 1 aliphatic heterocycles. The predicted molar refractivity (Wildman–Crippen MR) is 35.1 cm³/mol. The number of azide groups is 1. The number of nitrogens with zero attached hydrogens (tertiary/aromatic N) is 3. The van der Waals surface area contributed by atoms with E-state index in [-0.39, 0.29) is 11.8 Å². The van der Waals surface area contributed by atoms with E-state index >= 15 is 0 Å². The van der Waals surface area contributed by atoms with Gasteiger partial charge in [0.15, 0.2) is 0 Å². The Labute approximate surface area is 58.0 Å². The largest absolute Gasteiger partial charge is 0.356 e. The Kier molecular flexibility index (Phi) is 2.12. The minimum Gasteiger partial charge on any atom is -0.356 e. The van der Waals surface area contributed by atoms with Gasteiger partial charge in [-0.2, -0.15) is 0 Å². The van der Waals surface area contributed by atoms with Gasteiger partial charge in [0.25, 0.3) is 0 Å². The topological polar surface area (TPSA) is 77.9 Å². The van der Waals surface area contributed by atoms with Crippen LogP contribution in [0.15, 0.2) is 5.11 Å². The lowest BCUT2D eigenvalue weighted by Crippen LogP contribution is -2.14. The molecule has 0 radical (unpaired) electrons. The molecule has 1 rings (SSSR count). The summed E-state index contributed by atoms with van der Waals surface area (Å²) in [5.74, 6) is 0.265. The smallest absolute Gasteiger partial charge is 0.220 e. The first kappa shape index (κ1) is 6.89. The molecule has 0 spiro atoms. The zero-order valence-electron chi connectivity index (χ0n) is 5.45. The summed E-state index contributed by atoms with van der Waals surface area (Å²) in [7, 11) is 0. The van der Waals surface area contributed by atoms with Crippen LogP contribution in [-0.4, -0.2) is 19.0 Å². The third-order valence-electron chi connectivity index (χ3n) is 1.47. The molecule has 0 aromatic carbocycles. The van der Waals surface area contributed by atoms with Gasteiger partial charge in [0.2, 0.25) is 5.91 Å². The van der Waals surface area contributed by atoms with E-state index < -0.39 is 0 Å². The molecule has 1 amide bonds. The number of carbonyl (C=O) groups excluding carboxylic acids is 1. The van der Waals surface area contributed by atoms with E-state index in [1.165, 1.54) is 0 Å². The highest BCUT2D eigenvalue weighted by atomic mass is 16.1. The SMILES string of the molecule is [N-]=[N+]=NC[C@H]1CNC(=O)C1. The van der Waals surface area contributed by atoms with Crippen molar-refractivity contribution in [3.05, 3.63) is 10.4 Å². The lowest BCUT2D eigenvalue weighted by Gasteiger charge is -1.97. The molecule has 0 aromatic rings. The first-order chi connectivity index (χ1) is 4.83. The second-order valence-corrected chi connectivity index (χ2v) is 2.29. The molecule has 10 heavy (non-hydrogen) atoms. The summed E-state index contributed by atoms with van der Waals surface area (Å²) in [6, 6.07) is 0. The third-order valence-corrected chi connectivity index (χ3v) is 1.47. The number of rotatable bonds is 2. The molecule has 54 valence electrons. The first-order valence-electron chi connectivity index (χ1n) is 3.10. The van der Waals surface area contributed by atoms with Crippen molar-refractivity contribution in [3.63, 3.8) is 0 Å². The van der Waals surface area contributed by atoms with Crippen LogP contribution in [0.25, 0.3) is 10.4 Å². The van der Waals surface area contributed by atoms with Gasteiger partial charge in [0.1, 0.15) is 0 Å². The maximum Gasteiger partial charge on any atom is 0.220 e. The average Bonchev–Trinajstić information content (AvgIpc) is 2.31. The van der Waals surface area contributed by atoms with E-state index in [9.17, 15) is 4.79 Å². The number of hydrogen-bond acceptors (Lipinski definition) is 2. The highest BCUT2D eigenvalue weighted by Gasteiger charge is 2.19. The Balaban J connectivity index is 2.31. The van der Waals surface area contributed by atoms with Crippen molar-refractivity contribution < 1.29 is 4.79 Å². The molecular weight excluding hydrogens is 132 g/mol. The van der Waals surface area contributed by atoms with E-state index in [4.69, 9.17) is 5.53 Å². The van der Waals surface area contributed by atoms with Crippen LogP contribution in [0.4, 0.5) is 0 Å². The summed E-state index contributed by atoms with van der Waals surface area (Å²) < 4.78 is 0. The number of amides is 1. The van der Waals surface area contributed by atoms with Gasteiger partial charge in [0, 0.05) is 24.4 Å². The molecule has 1 aliphatic rings. The van der Waals surface area contributed by atoms with Crippen LogP contribution < -0.4 is 5.32 Å². The number of nitrogens with one attached hydrogen (secondary N) is 1. The van der Waals surface area contributed by atoms with Gasteiger partial charge in [-0.15, -0.1) is 0 Å². The Bertz CT molecular complexity index is 184. The minimum atomic E-state index is 0.0538. The molecule has 0 saturated carbocycles. The summed E-state index contributed by atoms with van der Waals surface area (Å²) in [4.78, 5) is 13.2. The van der Waals surface area contributed by atoms with Crippen LogP contribution >= 0.6 is 0 Å². The molecule has 5 heteroatoms. The molecule has 1 atom stereocenters.